The molecule has 1 aromatic carbocycles. The van der Waals surface area contributed by atoms with Gasteiger partial charge in [-0.15, -0.1) is 0 Å². The fraction of sp³-hybridized carbons (Fsp3) is 0.444. The first-order chi connectivity index (χ1) is 10.4. The van der Waals surface area contributed by atoms with E-state index in [4.69, 9.17) is 11.6 Å². The van der Waals surface area contributed by atoms with Crippen molar-refractivity contribution in [1.29, 1.82) is 0 Å². The molecule has 2 bridgehead atoms. The first-order valence-corrected chi connectivity index (χ1v) is 8.03. The average Bonchev–Trinajstić information content (AvgIpc) is 3.01. The lowest BCUT2D eigenvalue weighted by Crippen LogP contribution is -2.39. The third kappa shape index (κ3) is 2.19. The number of benzene rings is 1. The van der Waals surface area contributed by atoms with E-state index in [-0.39, 0.29) is 11.3 Å². The molecule has 0 radical (unpaired) electrons. The summed E-state index contributed by atoms with van der Waals surface area (Å²) in [5.74, 6) is 0.521. The van der Waals surface area contributed by atoms with Gasteiger partial charge >= 0.3 is 0 Å². The van der Waals surface area contributed by atoms with Crippen molar-refractivity contribution in [3.05, 3.63) is 47.0 Å². The minimum atomic E-state index is -0.439. The molecule has 2 unspecified atom stereocenters. The predicted molar refractivity (Wildman–Crippen MR) is 89.9 cm³/mol. The third-order valence-corrected chi connectivity index (χ3v) is 5.94. The van der Waals surface area contributed by atoms with E-state index < -0.39 is 5.41 Å². The highest BCUT2D eigenvalue weighted by Gasteiger charge is 2.60. The highest BCUT2D eigenvalue weighted by atomic mass is 35.5. The van der Waals surface area contributed by atoms with E-state index in [0.29, 0.717) is 10.9 Å². The van der Waals surface area contributed by atoms with Crippen LogP contribution in [-0.2, 0) is 4.79 Å². The Bertz CT molecular complexity index is 665. The fourth-order valence-electron chi connectivity index (χ4n) is 3.99. The van der Waals surface area contributed by atoms with Crippen molar-refractivity contribution >= 4 is 23.7 Å². The van der Waals surface area contributed by atoms with Crippen LogP contribution >= 0.6 is 11.6 Å². The topological polar surface area (TPSA) is 41.5 Å². The zero-order valence-electron chi connectivity index (χ0n) is 13.0. The van der Waals surface area contributed by atoms with E-state index in [1.165, 1.54) is 0 Å². The van der Waals surface area contributed by atoms with Gasteiger partial charge in [-0.3, -0.25) is 4.79 Å². The van der Waals surface area contributed by atoms with Crippen LogP contribution < -0.4 is 5.43 Å². The summed E-state index contributed by atoms with van der Waals surface area (Å²) in [6, 6.07) is 7.41. The molecule has 2 atom stereocenters. The summed E-state index contributed by atoms with van der Waals surface area (Å²) in [7, 11) is 0. The first kappa shape index (κ1) is 15.3. The summed E-state index contributed by atoms with van der Waals surface area (Å²) in [6.45, 7) is 8.62. The van der Waals surface area contributed by atoms with E-state index in [1.807, 2.05) is 18.2 Å². The van der Waals surface area contributed by atoms with Crippen LogP contribution in [0.4, 0.5) is 0 Å². The van der Waals surface area contributed by atoms with Crippen molar-refractivity contribution in [1.82, 2.24) is 5.43 Å². The standard InChI is InChI=1S/C18H21ClN2O/c1-12-17(2,3)14-8-9-18(12,10-14)16(22)21-20-11-13-6-4-5-7-15(13)19/h4-7,11,14H,1,8-10H2,2-3H3,(H,21,22). The Morgan fingerprint density at radius 2 is 2.18 bits per heavy atom. The van der Waals surface area contributed by atoms with Gasteiger partial charge in [-0.1, -0.05) is 55.8 Å². The zero-order chi connectivity index (χ0) is 16.0. The molecule has 2 aliphatic carbocycles. The van der Waals surface area contributed by atoms with Crippen molar-refractivity contribution in [2.45, 2.75) is 33.1 Å². The maximum atomic E-state index is 12.7. The average molecular weight is 317 g/mol. The smallest absolute Gasteiger partial charge is 0.250 e. The number of nitrogens with one attached hydrogen (secondary N) is 1. The van der Waals surface area contributed by atoms with Crippen LogP contribution in [0.1, 0.15) is 38.7 Å². The summed E-state index contributed by atoms with van der Waals surface area (Å²) in [5.41, 5.74) is 4.15. The van der Waals surface area contributed by atoms with Crippen molar-refractivity contribution in [2.24, 2.45) is 21.8 Å². The number of carbonyl (C=O) groups excluding carboxylic acids is 1. The molecule has 1 aromatic rings. The maximum absolute atomic E-state index is 12.7. The van der Waals surface area contributed by atoms with Crippen LogP contribution in [0, 0.1) is 16.7 Å². The van der Waals surface area contributed by atoms with Crippen LogP contribution in [0.15, 0.2) is 41.5 Å². The second-order valence-corrected chi connectivity index (χ2v) is 7.35. The Labute approximate surface area is 136 Å². The van der Waals surface area contributed by atoms with Crippen LogP contribution in [0.3, 0.4) is 0 Å². The summed E-state index contributed by atoms with van der Waals surface area (Å²) >= 11 is 6.07. The third-order valence-electron chi connectivity index (χ3n) is 5.60. The van der Waals surface area contributed by atoms with E-state index in [2.05, 4.69) is 31.0 Å². The molecule has 0 aliphatic heterocycles. The lowest BCUT2D eigenvalue weighted by molar-refractivity contribution is -0.128. The second kappa shape index (κ2) is 5.24. The SMILES string of the molecule is C=C1C2(C(=O)NN=Cc3ccccc3Cl)CCC(C2)C1(C)C. The Balaban J connectivity index is 1.73. The van der Waals surface area contributed by atoms with Gasteiger partial charge in [-0.2, -0.15) is 5.10 Å². The fourth-order valence-corrected chi connectivity index (χ4v) is 4.17. The molecule has 1 N–H and O–H groups in total. The van der Waals surface area contributed by atoms with E-state index in [0.717, 1.165) is 30.4 Å². The molecular formula is C18H21ClN2O. The number of halogens is 1. The summed E-state index contributed by atoms with van der Waals surface area (Å²) < 4.78 is 0. The lowest BCUT2D eigenvalue weighted by atomic mass is 9.68. The van der Waals surface area contributed by atoms with Gasteiger partial charge in [0.05, 0.1) is 11.6 Å². The van der Waals surface area contributed by atoms with Gasteiger partial charge in [0.1, 0.15) is 0 Å². The molecular weight excluding hydrogens is 296 g/mol. The molecule has 3 nitrogen and oxygen atoms in total. The molecule has 2 fully saturated rings. The van der Waals surface area contributed by atoms with Crippen molar-refractivity contribution in [2.75, 3.05) is 0 Å². The molecule has 2 aliphatic rings. The molecule has 1 amide bonds. The Kier molecular flexibility index (Phi) is 3.64. The van der Waals surface area contributed by atoms with Gasteiger partial charge in [-0.25, -0.2) is 5.43 Å². The van der Waals surface area contributed by atoms with Gasteiger partial charge in [0.15, 0.2) is 0 Å². The minimum absolute atomic E-state index is 0.0334. The number of amides is 1. The summed E-state index contributed by atoms with van der Waals surface area (Å²) in [6.07, 6.45) is 4.46. The van der Waals surface area contributed by atoms with E-state index >= 15 is 0 Å². The Hall–Kier alpha value is -1.61. The minimum Gasteiger partial charge on any atom is -0.272 e. The normalized spacial score (nSPS) is 29.2. The molecule has 22 heavy (non-hydrogen) atoms. The molecule has 0 saturated heterocycles. The molecule has 3 rings (SSSR count). The molecule has 2 saturated carbocycles. The quantitative estimate of drug-likeness (QED) is 0.507. The van der Waals surface area contributed by atoms with Gasteiger partial charge in [-0.05, 0) is 36.7 Å². The zero-order valence-corrected chi connectivity index (χ0v) is 13.8. The molecule has 0 spiro atoms. The maximum Gasteiger partial charge on any atom is 0.250 e. The largest absolute Gasteiger partial charge is 0.272 e. The monoisotopic (exact) mass is 316 g/mol. The second-order valence-electron chi connectivity index (χ2n) is 6.94. The van der Waals surface area contributed by atoms with Crippen LogP contribution in [0.25, 0.3) is 0 Å². The number of carbonyl (C=O) groups is 1. The van der Waals surface area contributed by atoms with Gasteiger partial charge in [0, 0.05) is 10.6 Å². The summed E-state index contributed by atoms with van der Waals surface area (Å²) in [4.78, 5) is 12.7. The lowest BCUT2D eigenvalue weighted by Gasteiger charge is -2.36. The van der Waals surface area contributed by atoms with Crippen molar-refractivity contribution < 1.29 is 4.79 Å². The number of nitrogens with zero attached hydrogens (tertiary/aromatic N) is 1. The molecule has 0 aromatic heterocycles. The summed E-state index contributed by atoms with van der Waals surface area (Å²) in [5, 5.41) is 4.71. The van der Waals surface area contributed by atoms with Gasteiger partial charge in [0.2, 0.25) is 5.91 Å². The molecule has 4 heteroatoms. The number of fused-ring (bicyclic) bond motifs is 2. The highest BCUT2D eigenvalue weighted by molar-refractivity contribution is 6.33. The van der Waals surface area contributed by atoms with Crippen LogP contribution in [-0.4, -0.2) is 12.1 Å². The Morgan fingerprint density at radius 3 is 2.82 bits per heavy atom. The Morgan fingerprint density at radius 1 is 1.45 bits per heavy atom. The van der Waals surface area contributed by atoms with Crippen LogP contribution in [0.2, 0.25) is 5.02 Å². The predicted octanol–water partition coefficient (Wildman–Crippen LogP) is 4.17. The van der Waals surface area contributed by atoms with Crippen molar-refractivity contribution in [3.8, 4) is 0 Å². The van der Waals surface area contributed by atoms with Crippen LogP contribution in [0.5, 0.6) is 0 Å². The van der Waals surface area contributed by atoms with E-state index in [1.54, 1.807) is 12.3 Å². The van der Waals surface area contributed by atoms with Gasteiger partial charge < -0.3 is 0 Å². The number of hydrazone groups is 1. The first-order valence-electron chi connectivity index (χ1n) is 7.66. The number of hydrogen-bond donors (Lipinski definition) is 1. The number of rotatable bonds is 3. The number of hydrogen-bond acceptors (Lipinski definition) is 2. The molecule has 0 heterocycles. The van der Waals surface area contributed by atoms with Gasteiger partial charge in [0.25, 0.3) is 0 Å². The van der Waals surface area contributed by atoms with E-state index in [9.17, 15) is 4.79 Å². The molecule has 116 valence electrons. The highest BCUT2D eigenvalue weighted by Crippen LogP contribution is 2.65. The van der Waals surface area contributed by atoms with Crippen molar-refractivity contribution in [3.63, 3.8) is 0 Å².